The van der Waals surface area contributed by atoms with E-state index in [0.29, 0.717) is 16.4 Å². The van der Waals surface area contributed by atoms with Crippen molar-refractivity contribution >= 4 is 40.6 Å². The molecule has 1 heterocycles. The summed E-state index contributed by atoms with van der Waals surface area (Å²) in [6.45, 7) is 7.65. The molecule has 16 heavy (non-hydrogen) atoms. The molecule has 0 atom stereocenters. The van der Waals surface area contributed by atoms with Gasteiger partial charge < -0.3 is 5.32 Å². The van der Waals surface area contributed by atoms with Gasteiger partial charge in [-0.2, -0.15) is 0 Å². The second-order valence-corrected chi connectivity index (χ2v) is 4.20. The van der Waals surface area contributed by atoms with Crippen molar-refractivity contribution < 1.29 is 0 Å². The molecule has 0 bridgehead atoms. The van der Waals surface area contributed by atoms with Crippen molar-refractivity contribution in [1.29, 1.82) is 0 Å². The minimum Gasteiger partial charge on any atom is -0.340 e. The van der Waals surface area contributed by atoms with Gasteiger partial charge in [-0.25, -0.2) is 9.97 Å². The van der Waals surface area contributed by atoms with Crippen molar-refractivity contribution in [2.75, 3.05) is 5.32 Å². The number of aromatic nitrogens is 2. The Morgan fingerprint density at radius 1 is 1.19 bits per heavy atom. The summed E-state index contributed by atoms with van der Waals surface area (Å²) in [6, 6.07) is 7.82. The molecule has 0 radical (unpaired) electrons. The smallest absolute Gasteiger partial charge is 0.141 e. The molecule has 80 valence electrons. The molecule has 2 aromatic rings. The van der Waals surface area contributed by atoms with Crippen LogP contribution in [-0.2, 0) is 0 Å². The molecule has 0 unspecified atom stereocenters. The van der Waals surface area contributed by atoms with Gasteiger partial charge in [0.05, 0.1) is 5.35 Å². The maximum atomic E-state index is 4.12. The lowest BCUT2D eigenvalue weighted by Gasteiger charge is -2.05. The average Bonchev–Trinajstić information content (AvgIpc) is 2.25. The Morgan fingerprint density at radius 2 is 2.00 bits per heavy atom. The molecule has 1 aromatic heterocycles. The van der Waals surface area contributed by atoms with Crippen molar-refractivity contribution in [3.8, 4) is 0 Å². The molecule has 2 rings (SSSR count). The van der Waals surface area contributed by atoms with Crippen LogP contribution in [0.25, 0.3) is 13.2 Å². The number of hydrogen-bond donors (Lipinski definition) is 1. The van der Waals surface area contributed by atoms with E-state index in [1.54, 1.807) is 0 Å². The van der Waals surface area contributed by atoms with Crippen LogP contribution in [0.2, 0.25) is 0 Å². The molecule has 4 heteroatoms. The number of nitrogens with one attached hydrogen (secondary N) is 1. The minimum atomic E-state index is 0.632. The van der Waals surface area contributed by atoms with E-state index in [1.807, 2.05) is 24.3 Å². The summed E-state index contributed by atoms with van der Waals surface area (Å²) in [7, 11) is 0. The summed E-state index contributed by atoms with van der Waals surface area (Å²) in [5.74, 6) is 0.679. The van der Waals surface area contributed by atoms with E-state index in [2.05, 4.69) is 44.4 Å². The number of nitrogens with zero attached hydrogens (tertiary/aromatic N) is 2. The molecule has 0 aliphatic heterocycles. The van der Waals surface area contributed by atoms with Crippen LogP contribution < -0.4 is 15.9 Å². The van der Waals surface area contributed by atoms with E-state index in [-0.39, 0.29) is 0 Å². The van der Waals surface area contributed by atoms with E-state index >= 15 is 0 Å². The van der Waals surface area contributed by atoms with E-state index in [9.17, 15) is 0 Å². The number of rotatable bonds is 2. The van der Waals surface area contributed by atoms with Crippen molar-refractivity contribution in [3.63, 3.8) is 0 Å². The summed E-state index contributed by atoms with van der Waals surface area (Å²) >= 11 is 3.41. The molecule has 0 saturated heterocycles. The van der Waals surface area contributed by atoms with Crippen LogP contribution in [0.4, 0.5) is 11.5 Å². The monoisotopic (exact) mass is 275 g/mol. The van der Waals surface area contributed by atoms with Crippen LogP contribution >= 0.6 is 15.9 Å². The van der Waals surface area contributed by atoms with Crippen LogP contribution in [0.1, 0.15) is 0 Å². The second kappa shape index (κ2) is 4.45. The van der Waals surface area contributed by atoms with E-state index in [4.69, 9.17) is 0 Å². The Hall–Kier alpha value is -1.68. The van der Waals surface area contributed by atoms with Gasteiger partial charge in [-0.05, 0) is 18.2 Å². The highest BCUT2D eigenvalue weighted by atomic mass is 79.9. The van der Waals surface area contributed by atoms with Crippen LogP contribution in [0.15, 0.2) is 35.1 Å². The van der Waals surface area contributed by atoms with Crippen LogP contribution in [-0.4, -0.2) is 9.97 Å². The van der Waals surface area contributed by atoms with E-state index in [0.717, 1.165) is 10.2 Å². The Kier molecular flexibility index (Phi) is 3.01. The predicted octanol–water partition coefficient (Wildman–Crippen LogP) is 1.80. The molecular weight excluding hydrogens is 266 g/mol. The van der Waals surface area contributed by atoms with Gasteiger partial charge in [0.15, 0.2) is 0 Å². The molecule has 0 saturated carbocycles. The summed E-state index contributed by atoms with van der Waals surface area (Å²) in [4.78, 5) is 8.09. The fourth-order valence-electron chi connectivity index (χ4n) is 1.26. The molecule has 0 fully saturated rings. The Morgan fingerprint density at radius 3 is 2.75 bits per heavy atom. The third kappa shape index (κ3) is 2.28. The Labute approximate surface area is 102 Å². The fourth-order valence-corrected chi connectivity index (χ4v) is 1.66. The quantitative estimate of drug-likeness (QED) is 0.909. The maximum Gasteiger partial charge on any atom is 0.141 e. The Balaban J connectivity index is 2.38. The largest absolute Gasteiger partial charge is 0.340 e. The molecule has 0 aliphatic carbocycles. The molecule has 3 nitrogen and oxygen atoms in total. The first kappa shape index (κ1) is 10.8. The van der Waals surface area contributed by atoms with Gasteiger partial charge in [-0.15, -0.1) is 0 Å². The highest BCUT2D eigenvalue weighted by molar-refractivity contribution is 9.10. The molecular formula is C12H10BrN3. The zero-order valence-electron chi connectivity index (χ0n) is 8.57. The highest BCUT2D eigenvalue weighted by Gasteiger charge is 1.98. The summed E-state index contributed by atoms with van der Waals surface area (Å²) < 4.78 is 1.01. The third-order valence-corrected chi connectivity index (χ3v) is 2.62. The lowest BCUT2D eigenvalue weighted by Crippen LogP contribution is -2.28. The van der Waals surface area contributed by atoms with Crippen LogP contribution in [0, 0.1) is 0 Å². The van der Waals surface area contributed by atoms with Gasteiger partial charge in [0.2, 0.25) is 0 Å². The first-order valence-corrected chi connectivity index (χ1v) is 5.47. The van der Waals surface area contributed by atoms with Gasteiger partial charge >= 0.3 is 0 Å². The van der Waals surface area contributed by atoms with Gasteiger partial charge in [-0.3, -0.25) is 0 Å². The van der Waals surface area contributed by atoms with Gasteiger partial charge in [0.25, 0.3) is 0 Å². The summed E-state index contributed by atoms with van der Waals surface area (Å²) in [5.41, 5.74) is 0.942. The first-order valence-electron chi connectivity index (χ1n) is 4.68. The average molecular weight is 276 g/mol. The molecule has 0 aliphatic rings. The Bertz CT molecular complexity index is 610. The normalized spacial score (nSPS) is 10.1. The topological polar surface area (TPSA) is 37.8 Å². The zero-order valence-corrected chi connectivity index (χ0v) is 10.2. The lowest BCUT2D eigenvalue weighted by atomic mass is 10.3. The van der Waals surface area contributed by atoms with Crippen molar-refractivity contribution in [2.24, 2.45) is 0 Å². The van der Waals surface area contributed by atoms with Crippen molar-refractivity contribution in [1.82, 2.24) is 9.97 Å². The number of halogens is 1. The van der Waals surface area contributed by atoms with Gasteiger partial charge in [0.1, 0.15) is 12.1 Å². The first-order chi connectivity index (χ1) is 7.66. The SMILES string of the molecule is C=c1ncnc(Nc2cccc(Br)c2)c1=C. The zero-order chi connectivity index (χ0) is 11.5. The number of hydrogen-bond acceptors (Lipinski definition) is 3. The number of anilines is 2. The third-order valence-electron chi connectivity index (χ3n) is 2.12. The standard InChI is InChI=1S/C12H10BrN3/c1-8-9(2)14-7-15-12(8)16-11-5-3-4-10(13)6-11/h3-7H,1-2H2,(H,14,15,16). The number of benzene rings is 1. The minimum absolute atomic E-state index is 0.632. The summed E-state index contributed by atoms with van der Waals surface area (Å²) in [6.07, 6.45) is 1.47. The summed E-state index contributed by atoms with van der Waals surface area (Å²) in [5, 5.41) is 4.51. The second-order valence-electron chi connectivity index (χ2n) is 3.28. The predicted molar refractivity (Wildman–Crippen MR) is 69.8 cm³/mol. The molecule has 1 aromatic carbocycles. The van der Waals surface area contributed by atoms with Crippen LogP contribution in [0.5, 0.6) is 0 Å². The van der Waals surface area contributed by atoms with Crippen molar-refractivity contribution in [3.05, 3.63) is 45.6 Å². The molecule has 0 spiro atoms. The van der Waals surface area contributed by atoms with E-state index in [1.165, 1.54) is 6.33 Å². The van der Waals surface area contributed by atoms with Crippen molar-refractivity contribution in [2.45, 2.75) is 0 Å². The lowest BCUT2D eigenvalue weighted by molar-refractivity contribution is 1.11. The van der Waals surface area contributed by atoms with Gasteiger partial charge in [0, 0.05) is 15.4 Å². The molecule has 1 N–H and O–H groups in total. The maximum absolute atomic E-state index is 4.12. The van der Waals surface area contributed by atoms with Gasteiger partial charge in [-0.1, -0.05) is 35.2 Å². The fraction of sp³-hybridized carbons (Fsp3) is 0. The molecule has 0 amide bonds. The van der Waals surface area contributed by atoms with E-state index < -0.39 is 0 Å². The highest BCUT2D eigenvalue weighted by Crippen LogP contribution is 2.17. The van der Waals surface area contributed by atoms with Crippen LogP contribution in [0.3, 0.4) is 0 Å².